The smallest absolute Gasteiger partial charge is 0.360 e. The van der Waals surface area contributed by atoms with Crippen molar-refractivity contribution in [3.8, 4) is 0 Å². The molecular formula is C12H10Cl2N4O2. The lowest BCUT2D eigenvalue weighted by Gasteiger charge is -2.10. The third-order valence-electron chi connectivity index (χ3n) is 3.27. The van der Waals surface area contributed by atoms with Crippen LogP contribution >= 0.6 is 23.2 Å². The average Bonchev–Trinajstić information content (AvgIpc) is 2.97. The van der Waals surface area contributed by atoms with Crippen molar-refractivity contribution in [2.45, 2.75) is 18.9 Å². The van der Waals surface area contributed by atoms with Crippen molar-refractivity contribution in [2.24, 2.45) is 0 Å². The second-order valence-electron chi connectivity index (χ2n) is 4.61. The van der Waals surface area contributed by atoms with Crippen molar-refractivity contribution in [2.75, 3.05) is 5.32 Å². The first-order valence-electron chi connectivity index (χ1n) is 5.92. The first-order valence-corrected chi connectivity index (χ1v) is 6.67. The zero-order valence-electron chi connectivity index (χ0n) is 10.2. The van der Waals surface area contributed by atoms with Gasteiger partial charge >= 0.3 is 5.97 Å². The first kappa shape index (κ1) is 13.2. The molecule has 0 unspecified atom stereocenters. The van der Waals surface area contributed by atoms with Gasteiger partial charge in [0.2, 0.25) is 5.69 Å². The number of carbonyl (C=O) groups is 1. The van der Waals surface area contributed by atoms with E-state index in [1.165, 1.54) is 0 Å². The standard InChI is InChI=1S/C12H10Cl2N4O2/c13-8-3-5-1-7(2-6(5)4-9(8)14)15-11-10(12(19)20)16-18-17-11/h3-4,7H,1-2H2,(H,19,20)(H2,15,16,17,18). The Kier molecular flexibility index (Phi) is 3.27. The lowest BCUT2D eigenvalue weighted by atomic mass is 10.1. The molecule has 104 valence electrons. The van der Waals surface area contributed by atoms with Gasteiger partial charge in [-0.3, -0.25) is 0 Å². The molecular weight excluding hydrogens is 303 g/mol. The molecule has 1 aromatic carbocycles. The molecule has 6 nitrogen and oxygen atoms in total. The van der Waals surface area contributed by atoms with Crippen LogP contribution in [0.5, 0.6) is 0 Å². The van der Waals surface area contributed by atoms with Gasteiger partial charge in [0.1, 0.15) is 0 Å². The highest BCUT2D eigenvalue weighted by molar-refractivity contribution is 6.42. The summed E-state index contributed by atoms with van der Waals surface area (Å²) in [6, 6.07) is 3.74. The number of hydrogen-bond acceptors (Lipinski definition) is 4. The summed E-state index contributed by atoms with van der Waals surface area (Å²) in [5.41, 5.74) is 2.10. The number of fused-ring (bicyclic) bond motifs is 1. The molecule has 3 rings (SSSR count). The summed E-state index contributed by atoms with van der Waals surface area (Å²) in [7, 11) is 0. The van der Waals surface area contributed by atoms with Crippen LogP contribution in [0.1, 0.15) is 21.6 Å². The Hall–Kier alpha value is -1.79. The summed E-state index contributed by atoms with van der Waals surface area (Å²) in [5, 5.41) is 22.8. The number of anilines is 1. The summed E-state index contributed by atoms with van der Waals surface area (Å²) < 4.78 is 0. The van der Waals surface area contributed by atoms with Gasteiger partial charge in [-0.2, -0.15) is 5.21 Å². The third kappa shape index (κ3) is 2.32. The van der Waals surface area contributed by atoms with Crippen LogP contribution < -0.4 is 5.32 Å². The summed E-state index contributed by atoms with van der Waals surface area (Å²) >= 11 is 12.0. The number of H-pyrrole nitrogens is 1. The van der Waals surface area contributed by atoms with Crippen molar-refractivity contribution in [3.63, 3.8) is 0 Å². The number of hydrogen-bond donors (Lipinski definition) is 3. The quantitative estimate of drug-likeness (QED) is 0.809. The molecule has 0 amide bonds. The highest BCUT2D eigenvalue weighted by Gasteiger charge is 2.25. The van der Waals surface area contributed by atoms with Gasteiger partial charge in [0.25, 0.3) is 0 Å². The molecule has 8 heteroatoms. The molecule has 1 aromatic heterocycles. The van der Waals surface area contributed by atoms with E-state index in [-0.39, 0.29) is 17.6 Å². The van der Waals surface area contributed by atoms with Crippen LogP contribution in [0.3, 0.4) is 0 Å². The third-order valence-corrected chi connectivity index (χ3v) is 3.99. The van der Waals surface area contributed by atoms with Gasteiger partial charge in [0, 0.05) is 6.04 Å². The molecule has 1 aliphatic carbocycles. The Morgan fingerprint density at radius 2 is 1.85 bits per heavy atom. The fourth-order valence-electron chi connectivity index (χ4n) is 2.39. The second kappa shape index (κ2) is 4.96. The van der Waals surface area contributed by atoms with Crippen LogP contribution in [0.4, 0.5) is 5.82 Å². The molecule has 0 atom stereocenters. The molecule has 2 aromatic rings. The Bertz CT molecular complexity index is 655. The van der Waals surface area contributed by atoms with E-state index < -0.39 is 5.97 Å². The average molecular weight is 313 g/mol. The van der Waals surface area contributed by atoms with E-state index in [9.17, 15) is 4.79 Å². The van der Waals surface area contributed by atoms with Crippen LogP contribution in [-0.2, 0) is 12.8 Å². The van der Waals surface area contributed by atoms with Gasteiger partial charge in [-0.25, -0.2) is 4.79 Å². The molecule has 0 fully saturated rings. The maximum absolute atomic E-state index is 11.0. The van der Waals surface area contributed by atoms with Gasteiger partial charge in [-0.1, -0.05) is 23.2 Å². The molecule has 0 saturated carbocycles. The minimum absolute atomic E-state index is 0.0442. The number of benzene rings is 1. The Morgan fingerprint density at radius 3 is 2.40 bits per heavy atom. The Balaban J connectivity index is 1.79. The minimum atomic E-state index is -1.12. The fraction of sp³-hybridized carbons (Fsp3) is 0.250. The molecule has 20 heavy (non-hydrogen) atoms. The molecule has 0 radical (unpaired) electrons. The van der Waals surface area contributed by atoms with E-state index >= 15 is 0 Å². The van der Waals surface area contributed by atoms with Crippen LogP contribution in [-0.4, -0.2) is 32.5 Å². The van der Waals surface area contributed by atoms with Crippen molar-refractivity contribution in [3.05, 3.63) is 39.0 Å². The summed E-state index contributed by atoms with van der Waals surface area (Å²) in [6.45, 7) is 0. The number of aromatic carboxylic acids is 1. The van der Waals surface area contributed by atoms with Crippen molar-refractivity contribution in [1.82, 2.24) is 15.4 Å². The van der Waals surface area contributed by atoms with Gasteiger partial charge in [0.05, 0.1) is 10.0 Å². The lowest BCUT2D eigenvalue weighted by molar-refractivity contribution is 0.0691. The molecule has 3 N–H and O–H groups in total. The lowest BCUT2D eigenvalue weighted by Crippen LogP contribution is -2.21. The highest BCUT2D eigenvalue weighted by Crippen LogP contribution is 2.32. The largest absolute Gasteiger partial charge is 0.476 e. The van der Waals surface area contributed by atoms with E-state index in [1.54, 1.807) is 0 Å². The predicted molar refractivity (Wildman–Crippen MR) is 74.6 cm³/mol. The highest BCUT2D eigenvalue weighted by atomic mass is 35.5. The summed E-state index contributed by atoms with van der Waals surface area (Å²) in [5.74, 6) is -0.879. The summed E-state index contributed by atoms with van der Waals surface area (Å²) in [6.07, 6.45) is 1.47. The van der Waals surface area contributed by atoms with Gasteiger partial charge in [0.15, 0.2) is 5.82 Å². The SMILES string of the molecule is O=C(O)c1n[nH]nc1NC1Cc2cc(Cl)c(Cl)cc2C1. The molecule has 1 aliphatic rings. The van der Waals surface area contributed by atoms with Gasteiger partial charge in [-0.05, 0) is 36.1 Å². The van der Waals surface area contributed by atoms with Gasteiger partial charge in [-0.15, -0.1) is 10.2 Å². The zero-order valence-corrected chi connectivity index (χ0v) is 11.7. The maximum atomic E-state index is 11.0. The normalized spacial score (nSPS) is 14.3. The molecule has 0 aliphatic heterocycles. The minimum Gasteiger partial charge on any atom is -0.476 e. The van der Waals surface area contributed by atoms with E-state index in [0.717, 1.165) is 24.0 Å². The molecule has 0 spiro atoms. The maximum Gasteiger partial charge on any atom is 0.360 e. The Morgan fingerprint density at radius 1 is 1.25 bits per heavy atom. The Labute approximate surface area is 124 Å². The van der Waals surface area contributed by atoms with Crippen LogP contribution in [0.2, 0.25) is 10.0 Å². The molecule has 1 heterocycles. The number of nitrogens with one attached hydrogen (secondary N) is 2. The molecule has 0 saturated heterocycles. The topological polar surface area (TPSA) is 90.9 Å². The number of nitrogens with zero attached hydrogens (tertiary/aromatic N) is 2. The molecule has 0 bridgehead atoms. The van der Waals surface area contributed by atoms with E-state index in [2.05, 4.69) is 20.7 Å². The van der Waals surface area contributed by atoms with E-state index in [1.807, 2.05) is 12.1 Å². The number of aromatic nitrogens is 3. The van der Waals surface area contributed by atoms with Crippen LogP contribution in [0.15, 0.2) is 12.1 Å². The van der Waals surface area contributed by atoms with Crippen molar-refractivity contribution < 1.29 is 9.90 Å². The van der Waals surface area contributed by atoms with E-state index in [4.69, 9.17) is 28.3 Å². The predicted octanol–water partition coefficient (Wildman–Crippen LogP) is 2.39. The number of carboxylic acids is 1. The van der Waals surface area contributed by atoms with Gasteiger partial charge < -0.3 is 10.4 Å². The fourth-order valence-corrected chi connectivity index (χ4v) is 2.76. The summed E-state index contributed by atoms with van der Waals surface area (Å²) in [4.78, 5) is 11.0. The van der Waals surface area contributed by atoms with Crippen LogP contribution in [0, 0.1) is 0 Å². The number of rotatable bonds is 3. The zero-order chi connectivity index (χ0) is 14.3. The first-order chi connectivity index (χ1) is 9.54. The number of aromatic amines is 1. The van der Waals surface area contributed by atoms with Crippen molar-refractivity contribution in [1.29, 1.82) is 0 Å². The van der Waals surface area contributed by atoms with Crippen molar-refractivity contribution >= 4 is 35.0 Å². The van der Waals surface area contributed by atoms with E-state index in [0.29, 0.717) is 10.0 Å². The number of carboxylic acid groups (broad SMARTS) is 1. The second-order valence-corrected chi connectivity index (χ2v) is 5.42. The number of halogens is 2. The monoisotopic (exact) mass is 312 g/mol. The van der Waals surface area contributed by atoms with Crippen LogP contribution in [0.25, 0.3) is 0 Å².